The number of nitrogens with zero attached hydrogens (tertiary/aromatic N) is 2. The molecule has 0 saturated heterocycles. The third-order valence-electron chi connectivity index (χ3n) is 2.80. The largest absolute Gasteiger partial charge is 0.383 e. The fourth-order valence-electron chi connectivity index (χ4n) is 1.76. The van der Waals surface area contributed by atoms with Crippen molar-refractivity contribution in [3.8, 4) is 0 Å². The van der Waals surface area contributed by atoms with Crippen molar-refractivity contribution in [2.24, 2.45) is 0 Å². The molecule has 0 aliphatic heterocycles. The molecule has 6 nitrogen and oxygen atoms in total. The van der Waals surface area contributed by atoms with Crippen LogP contribution in [0.1, 0.15) is 23.0 Å². The molecule has 1 N–H and O–H groups in total. The Morgan fingerprint density at radius 2 is 2.22 bits per heavy atom. The molecule has 1 heterocycles. The highest BCUT2D eigenvalue weighted by molar-refractivity contribution is 5.95. The van der Waals surface area contributed by atoms with Crippen molar-refractivity contribution in [1.29, 1.82) is 0 Å². The average Bonchev–Trinajstić information content (AvgIpc) is 2.76. The Morgan fingerprint density at radius 1 is 1.50 bits per heavy atom. The highest BCUT2D eigenvalue weighted by atomic mass is 16.5. The zero-order chi connectivity index (χ0) is 13.5. The van der Waals surface area contributed by atoms with E-state index in [-0.39, 0.29) is 11.9 Å². The molecule has 6 heteroatoms. The fourth-order valence-corrected chi connectivity index (χ4v) is 1.76. The van der Waals surface area contributed by atoms with Crippen molar-refractivity contribution in [3.63, 3.8) is 0 Å². The van der Waals surface area contributed by atoms with Gasteiger partial charge in [0.05, 0.1) is 31.0 Å². The maximum atomic E-state index is 12.4. The second kappa shape index (κ2) is 7.13. The zero-order valence-electron chi connectivity index (χ0n) is 11.4. The molecule has 1 aromatic rings. The van der Waals surface area contributed by atoms with Gasteiger partial charge in [-0.25, -0.2) is 0 Å². The standard InChI is InChI=1S/C12H21N3O3/c1-9(8-18-4)15(5-6-17-3)12(16)11-7-13-14-10(11)2/h7,9H,5-6,8H2,1-4H3,(H,13,14). The summed E-state index contributed by atoms with van der Waals surface area (Å²) in [5, 5.41) is 6.65. The van der Waals surface area contributed by atoms with Crippen LogP contribution in [0.3, 0.4) is 0 Å². The minimum Gasteiger partial charge on any atom is -0.383 e. The number of rotatable bonds is 7. The van der Waals surface area contributed by atoms with E-state index in [1.54, 1.807) is 25.3 Å². The lowest BCUT2D eigenvalue weighted by molar-refractivity contribution is 0.0479. The monoisotopic (exact) mass is 255 g/mol. The Morgan fingerprint density at radius 3 is 2.72 bits per heavy atom. The maximum absolute atomic E-state index is 12.4. The molecule has 0 fully saturated rings. The predicted molar refractivity (Wildman–Crippen MR) is 67.6 cm³/mol. The van der Waals surface area contributed by atoms with E-state index in [2.05, 4.69) is 10.2 Å². The van der Waals surface area contributed by atoms with Gasteiger partial charge in [0, 0.05) is 26.5 Å². The van der Waals surface area contributed by atoms with Gasteiger partial charge < -0.3 is 14.4 Å². The van der Waals surface area contributed by atoms with Crippen LogP contribution in [0.15, 0.2) is 6.20 Å². The summed E-state index contributed by atoms with van der Waals surface area (Å²) in [6, 6.07) is -0.00745. The lowest BCUT2D eigenvalue weighted by Crippen LogP contribution is -2.43. The molecule has 0 saturated carbocycles. The first-order chi connectivity index (χ1) is 8.61. The Bertz CT molecular complexity index is 378. The van der Waals surface area contributed by atoms with Crippen LogP contribution < -0.4 is 0 Å². The minimum absolute atomic E-state index is 0.00745. The lowest BCUT2D eigenvalue weighted by Gasteiger charge is -2.28. The summed E-state index contributed by atoms with van der Waals surface area (Å²) in [4.78, 5) is 14.1. The van der Waals surface area contributed by atoms with Crippen molar-refractivity contribution < 1.29 is 14.3 Å². The number of nitrogens with one attached hydrogen (secondary N) is 1. The van der Waals surface area contributed by atoms with Gasteiger partial charge in [-0.1, -0.05) is 0 Å². The third kappa shape index (κ3) is 3.54. The molecule has 1 unspecified atom stereocenters. The van der Waals surface area contributed by atoms with E-state index in [0.717, 1.165) is 5.69 Å². The van der Waals surface area contributed by atoms with Crippen molar-refractivity contribution in [2.45, 2.75) is 19.9 Å². The summed E-state index contributed by atoms with van der Waals surface area (Å²) in [5.41, 5.74) is 1.36. The summed E-state index contributed by atoms with van der Waals surface area (Å²) < 4.78 is 10.1. The maximum Gasteiger partial charge on any atom is 0.257 e. The van der Waals surface area contributed by atoms with Crippen LogP contribution in [0, 0.1) is 6.92 Å². The first kappa shape index (κ1) is 14.7. The summed E-state index contributed by atoms with van der Waals surface area (Å²) in [6.07, 6.45) is 1.55. The summed E-state index contributed by atoms with van der Waals surface area (Å²) in [5.74, 6) is -0.0529. The quantitative estimate of drug-likeness (QED) is 0.784. The Labute approximate surface area is 107 Å². The minimum atomic E-state index is -0.0529. The van der Waals surface area contributed by atoms with Gasteiger partial charge in [0.1, 0.15) is 0 Å². The van der Waals surface area contributed by atoms with Crippen LogP contribution in [-0.4, -0.2) is 61.0 Å². The van der Waals surface area contributed by atoms with Gasteiger partial charge in [0.15, 0.2) is 0 Å². The number of carbonyl (C=O) groups excluding carboxylic acids is 1. The number of ether oxygens (including phenoxy) is 2. The van der Waals surface area contributed by atoms with Crippen LogP contribution in [0.2, 0.25) is 0 Å². The van der Waals surface area contributed by atoms with E-state index < -0.39 is 0 Å². The molecule has 1 rings (SSSR count). The molecule has 0 bridgehead atoms. The van der Waals surface area contributed by atoms with E-state index in [1.165, 1.54) is 0 Å². The summed E-state index contributed by atoms with van der Waals surface area (Å²) in [7, 11) is 3.24. The second-order valence-electron chi connectivity index (χ2n) is 4.20. The average molecular weight is 255 g/mol. The van der Waals surface area contributed by atoms with E-state index in [0.29, 0.717) is 25.3 Å². The molecule has 102 valence electrons. The molecule has 1 aromatic heterocycles. The number of methoxy groups -OCH3 is 2. The first-order valence-corrected chi connectivity index (χ1v) is 5.90. The zero-order valence-corrected chi connectivity index (χ0v) is 11.4. The number of hydrogen-bond donors (Lipinski definition) is 1. The van der Waals surface area contributed by atoms with Crippen molar-refractivity contribution in [1.82, 2.24) is 15.1 Å². The molecular formula is C12H21N3O3. The van der Waals surface area contributed by atoms with Crippen molar-refractivity contribution >= 4 is 5.91 Å². The lowest BCUT2D eigenvalue weighted by atomic mass is 10.2. The number of carbonyl (C=O) groups is 1. The summed E-state index contributed by atoms with van der Waals surface area (Å²) in [6.45, 7) is 5.30. The topological polar surface area (TPSA) is 67.5 Å². The van der Waals surface area contributed by atoms with Crippen LogP contribution >= 0.6 is 0 Å². The Hall–Kier alpha value is -1.40. The molecule has 1 atom stereocenters. The van der Waals surface area contributed by atoms with E-state index >= 15 is 0 Å². The van der Waals surface area contributed by atoms with Gasteiger partial charge in [-0.15, -0.1) is 0 Å². The molecule has 0 aliphatic carbocycles. The van der Waals surface area contributed by atoms with Crippen LogP contribution in [-0.2, 0) is 9.47 Å². The molecule has 0 spiro atoms. The normalized spacial score (nSPS) is 12.4. The smallest absolute Gasteiger partial charge is 0.257 e. The number of amides is 1. The van der Waals surface area contributed by atoms with E-state index in [4.69, 9.17) is 9.47 Å². The number of aromatic nitrogens is 2. The van der Waals surface area contributed by atoms with Gasteiger partial charge in [0.25, 0.3) is 5.91 Å². The van der Waals surface area contributed by atoms with Crippen molar-refractivity contribution in [3.05, 3.63) is 17.5 Å². The van der Waals surface area contributed by atoms with Gasteiger partial charge in [-0.2, -0.15) is 5.10 Å². The van der Waals surface area contributed by atoms with Crippen LogP contribution in [0.5, 0.6) is 0 Å². The van der Waals surface area contributed by atoms with Crippen molar-refractivity contribution in [2.75, 3.05) is 34.0 Å². The first-order valence-electron chi connectivity index (χ1n) is 5.90. The Kier molecular flexibility index (Phi) is 5.80. The number of hydrogen-bond acceptors (Lipinski definition) is 4. The Balaban J connectivity index is 2.81. The summed E-state index contributed by atoms with van der Waals surface area (Å²) >= 11 is 0. The number of H-pyrrole nitrogens is 1. The number of aryl methyl sites for hydroxylation is 1. The highest BCUT2D eigenvalue weighted by Gasteiger charge is 2.23. The van der Waals surface area contributed by atoms with Gasteiger partial charge in [-0.05, 0) is 13.8 Å². The van der Waals surface area contributed by atoms with E-state index in [1.807, 2.05) is 13.8 Å². The van der Waals surface area contributed by atoms with Gasteiger partial charge in [0.2, 0.25) is 0 Å². The van der Waals surface area contributed by atoms with E-state index in [9.17, 15) is 4.79 Å². The SMILES string of the molecule is COCCN(C(=O)c1cn[nH]c1C)C(C)COC. The van der Waals surface area contributed by atoms with Crippen LogP contribution in [0.25, 0.3) is 0 Å². The highest BCUT2D eigenvalue weighted by Crippen LogP contribution is 2.11. The predicted octanol–water partition coefficient (Wildman–Crippen LogP) is 0.842. The molecule has 1 amide bonds. The molecule has 0 aliphatic rings. The molecule has 0 radical (unpaired) electrons. The molecule has 18 heavy (non-hydrogen) atoms. The van der Waals surface area contributed by atoms with Gasteiger partial charge in [-0.3, -0.25) is 9.89 Å². The molecular weight excluding hydrogens is 234 g/mol. The fraction of sp³-hybridized carbons (Fsp3) is 0.667. The molecule has 0 aromatic carbocycles. The van der Waals surface area contributed by atoms with Gasteiger partial charge >= 0.3 is 0 Å². The third-order valence-corrected chi connectivity index (χ3v) is 2.80. The number of aromatic amines is 1. The van der Waals surface area contributed by atoms with Crippen LogP contribution in [0.4, 0.5) is 0 Å². The second-order valence-corrected chi connectivity index (χ2v) is 4.20.